The molecule has 1 aromatic rings. The van der Waals surface area contributed by atoms with Gasteiger partial charge >= 0.3 is 5.97 Å². The van der Waals surface area contributed by atoms with Gasteiger partial charge in [0.1, 0.15) is 0 Å². The molecule has 0 aliphatic rings. The number of carboxylic acid groups (broad SMARTS) is 1. The SMILES string of the molecule is C=CCNC(CC(=O)O)Cc1cc(C)ccc1C. The Bertz CT molecular complexity index is 427. The van der Waals surface area contributed by atoms with Gasteiger partial charge < -0.3 is 10.4 Å². The van der Waals surface area contributed by atoms with Gasteiger partial charge in [-0.05, 0) is 31.4 Å². The van der Waals surface area contributed by atoms with Crippen molar-refractivity contribution in [2.24, 2.45) is 0 Å². The van der Waals surface area contributed by atoms with E-state index >= 15 is 0 Å². The number of benzene rings is 1. The number of aryl methyl sites for hydroxylation is 2. The van der Waals surface area contributed by atoms with E-state index in [4.69, 9.17) is 5.11 Å². The van der Waals surface area contributed by atoms with Gasteiger partial charge in [-0.2, -0.15) is 0 Å². The summed E-state index contributed by atoms with van der Waals surface area (Å²) in [6, 6.07) is 6.22. The summed E-state index contributed by atoms with van der Waals surface area (Å²) < 4.78 is 0. The van der Waals surface area contributed by atoms with Crippen molar-refractivity contribution in [1.82, 2.24) is 5.32 Å². The first-order chi connectivity index (χ1) is 8.52. The molecule has 0 saturated carbocycles. The fourth-order valence-corrected chi connectivity index (χ4v) is 1.96. The van der Waals surface area contributed by atoms with Crippen LogP contribution < -0.4 is 5.32 Å². The molecule has 0 amide bonds. The molecule has 2 N–H and O–H groups in total. The highest BCUT2D eigenvalue weighted by atomic mass is 16.4. The molecular formula is C15H21NO2. The normalized spacial score (nSPS) is 12.1. The van der Waals surface area contributed by atoms with E-state index in [9.17, 15) is 4.79 Å². The van der Waals surface area contributed by atoms with Crippen molar-refractivity contribution in [3.8, 4) is 0 Å². The summed E-state index contributed by atoms with van der Waals surface area (Å²) in [5, 5.41) is 12.1. The maximum Gasteiger partial charge on any atom is 0.304 e. The minimum atomic E-state index is -0.776. The van der Waals surface area contributed by atoms with Gasteiger partial charge in [0, 0.05) is 12.6 Å². The van der Waals surface area contributed by atoms with Gasteiger partial charge in [-0.1, -0.05) is 29.8 Å². The van der Waals surface area contributed by atoms with Crippen molar-refractivity contribution in [1.29, 1.82) is 0 Å². The maximum atomic E-state index is 10.8. The molecule has 0 heterocycles. The van der Waals surface area contributed by atoms with E-state index < -0.39 is 5.97 Å². The molecule has 0 aliphatic heterocycles. The summed E-state index contributed by atoms with van der Waals surface area (Å²) in [6.07, 6.45) is 2.60. The minimum Gasteiger partial charge on any atom is -0.481 e. The number of nitrogens with one attached hydrogen (secondary N) is 1. The van der Waals surface area contributed by atoms with Crippen LogP contribution in [0.15, 0.2) is 30.9 Å². The number of rotatable bonds is 7. The van der Waals surface area contributed by atoms with E-state index in [0.29, 0.717) is 6.54 Å². The molecule has 0 spiro atoms. The van der Waals surface area contributed by atoms with Crippen LogP contribution in [-0.2, 0) is 11.2 Å². The highest BCUT2D eigenvalue weighted by Crippen LogP contribution is 2.14. The molecule has 18 heavy (non-hydrogen) atoms. The lowest BCUT2D eigenvalue weighted by atomic mass is 9.97. The van der Waals surface area contributed by atoms with E-state index in [2.05, 4.69) is 37.0 Å². The molecule has 0 radical (unpaired) electrons. The Morgan fingerprint density at radius 2 is 2.22 bits per heavy atom. The summed E-state index contributed by atoms with van der Waals surface area (Å²) in [5.41, 5.74) is 3.61. The molecule has 0 saturated heterocycles. The van der Waals surface area contributed by atoms with E-state index in [0.717, 1.165) is 6.42 Å². The largest absolute Gasteiger partial charge is 0.481 e. The van der Waals surface area contributed by atoms with Crippen LogP contribution in [0.25, 0.3) is 0 Å². The molecule has 1 rings (SSSR count). The van der Waals surface area contributed by atoms with Crippen LogP contribution in [0.1, 0.15) is 23.1 Å². The van der Waals surface area contributed by atoms with Gasteiger partial charge in [-0.15, -0.1) is 6.58 Å². The zero-order valence-corrected chi connectivity index (χ0v) is 11.1. The van der Waals surface area contributed by atoms with Crippen molar-refractivity contribution in [2.45, 2.75) is 32.7 Å². The molecule has 1 atom stereocenters. The lowest BCUT2D eigenvalue weighted by molar-refractivity contribution is -0.137. The number of carboxylic acids is 1. The maximum absolute atomic E-state index is 10.8. The summed E-state index contributed by atoms with van der Waals surface area (Å²) in [4.78, 5) is 10.8. The van der Waals surface area contributed by atoms with E-state index in [-0.39, 0.29) is 12.5 Å². The third-order valence-electron chi connectivity index (χ3n) is 2.94. The van der Waals surface area contributed by atoms with Crippen LogP contribution in [0.2, 0.25) is 0 Å². The van der Waals surface area contributed by atoms with Crippen LogP contribution in [0.5, 0.6) is 0 Å². The van der Waals surface area contributed by atoms with Crippen molar-refractivity contribution in [3.05, 3.63) is 47.5 Å². The van der Waals surface area contributed by atoms with Crippen molar-refractivity contribution < 1.29 is 9.90 Å². The number of hydrogen-bond acceptors (Lipinski definition) is 2. The van der Waals surface area contributed by atoms with Crippen LogP contribution in [0, 0.1) is 13.8 Å². The molecule has 0 fully saturated rings. The second-order valence-electron chi connectivity index (χ2n) is 4.63. The van der Waals surface area contributed by atoms with Gasteiger partial charge in [0.15, 0.2) is 0 Å². The highest BCUT2D eigenvalue weighted by molar-refractivity contribution is 5.67. The fourth-order valence-electron chi connectivity index (χ4n) is 1.96. The van der Waals surface area contributed by atoms with Gasteiger partial charge in [0.2, 0.25) is 0 Å². The van der Waals surface area contributed by atoms with Gasteiger partial charge in [0.25, 0.3) is 0 Å². The number of hydrogen-bond donors (Lipinski definition) is 2. The molecule has 3 nitrogen and oxygen atoms in total. The topological polar surface area (TPSA) is 49.3 Å². The third-order valence-corrected chi connectivity index (χ3v) is 2.94. The molecule has 98 valence electrons. The van der Waals surface area contributed by atoms with E-state index in [1.807, 2.05) is 6.92 Å². The fraction of sp³-hybridized carbons (Fsp3) is 0.400. The standard InChI is InChI=1S/C15H21NO2/c1-4-7-16-14(10-15(17)18)9-13-8-11(2)5-6-12(13)3/h4-6,8,14,16H,1,7,9-10H2,2-3H3,(H,17,18). The molecular weight excluding hydrogens is 226 g/mol. The summed E-state index contributed by atoms with van der Waals surface area (Å²) in [6.45, 7) is 8.37. The monoisotopic (exact) mass is 247 g/mol. The lowest BCUT2D eigenvalue weighted by Crippen LogP contribution is -2.33. The number of aliphatic carboxylic acids is 1. The smallest absolute Gasteiger partial charge is 0.304 e. The Morgan fingerprint density at radius 1 is 1.50 bits per heavy atom. The average molecular weight is 247 g/mol. The first-order valence-corrected chi connectivity index (χ1v) is 6.15. The highest BCUT2D eigenvalue weighted by Gasteiger charge is 2.14. The Hall–Kier alpha value is -1.61. The molecule has 3 heteroatoms. The zero-order chi connectivity index (χ0) is 13.5. The predicted molar refractivity (Wildman–Crippen MR) is 73.9 cm³/mol. The number of carbonyl (C=O) groups is 1. The molecule has 0 aromatic heterocycles. The van der Waals surface area contributed by atoms with Crippen LogP contribution in [0.4, 0.5) is 0 Å². The van der Waals surface area contributed by atoms with E-state index in [1.165, 1.54) is 16.7 Å². The Kier molecular flexibility index (Phi) is 5.59. The van der Waals surface area contributed by atoms with Crippen LogP contribution in [0.3, 0.4) is 0 Å². The summed E-state index contributed by atoms with van der Waals surface area (Å²) in [7, 11) is 0. The Labute approximate surface area is 109 Å². The molecule has 0 bridgehead atoms. The Morgan fingerprint density at radius 3 is 2.83 bits per heavy atom. The van der Waals surface area contributed by atoms with Crippen molar-refractivity contribution >= 4 is 5.97 Å². The van der Waals surface area contributed by atoms with E-state index in [1.54, 1.807) is 6.08 Å². The second kappa shape index (κ2) is 6.97. The van der Waals surface area contributed by atoms with Gasteiger partial charge in [0.05, 0.1) is 6.42 Å². The van der Waals surface area contributed by atoms with Crippen LogP contribution >= 0.6 is 0 Å². The summed E-state index contributed by atoms with van der Waals surface area (Å²) in [5.74, 6) is -0.776. The first kappa shape index (κ1) is 14.5. The lowest BCUT2D eigenvalue weighted by Gasteiger charge is -2.17. The Balaban J connectivity index is 2.77. The van der Waals surface area contributed by atoms with Crippen molar-refractivity contribution in [2.75, 3.05) is 6.54 Å². The minimum absolute atomic E-state index is 0.0546. The second-order valence-corrected chi connectivity index (χ2v) is 4.63. The zero-order valence-electron chi connectivity index (χ0n) is 11.1. The molecule has 1 aromatic carbocycles. The van der Waals surface area contributed by atoms with Gasteiger partial charge in [-0.25, -0.2) is 0 Å². The average Bonchev–Trinajstić information content (AvgIpc) is 2.30. The summed E-state index contributed by atoms with van der Waals surface area (Å²) >= 11 is 0. The van der Waals surface area contributed by atoms with Gasteiger partial charge in [-0.3, -0.25) is 4.79 Å². The molecule has 1 unspecified atom stereocenters. The third kappa shape index (κ3) is 4.72. The quantitative estimate of drug-likeness (QED) is 0.728. The predicted octanol–water partition coefficient (Wildman–Crippen LogP) is 2.46. The molecule has 0 aliphatic carbocycles. The van der Waals surface area contributed by atoms with Crippen molar-refractivity contribution in [3.63, 3.8) is 0 Å². The first-order valence-electron chi connectivity index (χ1n) is 6.15. The van der Waals surface area contributed by atoms with Crippen LogP contribution in [-0.4, -0.2) is 23.7 Å².